The van der Waals surface area contributed by atoms with Gasteiger partial charge in [0.05, 0.1) is 34.7 Å². The number of anilines is 4. The van der Waals surface area contributed by atoms with E-state index in [4.69, 9.17) is 9.47 Å². The monoisotopic (exact) mass is 1150 g/mol. The lowest BCUT2D eigenvalue weighted by Crippen LogP contribution is -2.41. The summed E-state index contributed by atoms with van der Waals surface area (Å²) in [5.41, 5.74) is 3.55. The van der Waals surface area contributed by atoms with Gasteiger partial charge in [0.2, 0.25) is 0 Å². The van der Waals surface area contributed by atoms with Crippen LogP contribution in [0.3, 0.4) is 0 Å². The zero-order valence-corrected chi connectivity index (χ0v) is 46.1. The van der Waals surface area contributed by atoms with E-state index in [2.05, 4.69) is 28.2 Å². The van der Waals surface area contributed by atoms with Crippen molar-refractivity contribution in [2.45, 2.75) is 106 Å². The number of benzene rings is 6. The highest BCUT2D eigenvalue weighted by molar-refractivity contribution is 6.05. The summed E-state index contributed by atoms with van der Waals surface area (Å²) in [5, 5.41) is 19.5. The Bertz CT molecular complexity index is 3320. The van der Waals surface area contributed by atoms with Crippen LogP contribution >= 0.6 is 0 Å². The van der Waals surface area contributed by atoms with Gasteiger partial charge in [0.25, 0.3) is 0 Å². The number of carbonyl (C=O) groups excluding carboxylic acids is 5. The van der Waals surface area contributed by atoms with E-state index in [-0.39, 0.29) is 42.9 Å². The second-order valence-corrected chi connectivity index (χ2v) is 21.4. The Morgan fingerprint density at radius 1 is 0.554 bits per heavy atom. The van der Waals surface area contributed by atoms with E-state index in [0.717, 1.165) is 64.3 Å². The SMILES string of the molecule is C.CC(C)(C(=O)O)C1CCc2cc(-c3ccc(NC(=O)Nc4cccc(C(F)(F)F)c4)cc3)ccc2C1=O.CC1CCCO1.CCOC(=O)C(C)(C)C1CCc2cc(-c3ccc(NC(=O)Nc4cccc(C(F)(F)F)c4)cc3)ccc2C1=O. The van der Waals surface area contributed by atoms with Crippen molar-refractivity contribution < 1.29 is 69.7 Å². The molecule has 1 aliphatic heterocycles. The number of Topliss-reactive ketones (excluding diaryl/α,β-unsaturated/α-hetero) is 2. The predicted octanol–water partition coefficient (Wildman–Crippen LogP) is 16.0. The minimum absolute atomic E-state index is 0. The van der Waals surface area contributed by atoms with Crippen molar-refractivity contribution in [3.63, 3.8) is 0 Å². The summed E-state index contributed by atoms with van der Waals surface area (Å²) < 4.78 is 87.7. The van der Waals surface area contributed by atoms with Crippen LogP contribution in [-0.4, -0.2) is 60.0 Å². The topological polar surface area (TPSA) is 189 Å². The largest absolute Gasteiger partial charge is 0.481 e. The van der Waals surface area contributed by atoms with Crippen LogP contribution in [0.4, 0.5) is 58.7 Å². The Labute approximate surface area is 478 Å². The van der Waals surface area contributed by atoms with E-state index in [1.54, 1.807) is 101 Å². The van der Waals surface area contributed by atoms with Gasteiger partial charge in [0, 0.05) is 52.3 Å². The molecule has 1 fully saturated rings. The minimum atomic E-state index is -4.51. The third-order valence-corrected chi connectivity index (χ3v) is 14.9. The number of hydrogen-bond acceptors (Lipinski definition) is 8. The maximum absolute atomic E-state index is 13.3. The smallest absolute Gasteiger partial charge is 0.416 e. The van der Waals surface area contributed by atoms with Gasteiger partial charge in [-0.05, 0) is 174 Å². The first kappa shape index (κ1) is 63.9. The molecule has 1 saturated heterocycles. The number of fused-ring (bicyclic) bond motifs is 2. The molecule has 0 saturated carbocycles. The molecule has 0 radical (unpaired) electrons. The van der Waals surface area contributed by atoms with Crippen LogP contribution in [-0.2, 0) is 44.3 Å². The zero-order valence-electron chi connectivity index (χ0n) is 46.1. The molecule has 0 spiro atoms. The van der Waals surface area contributed by atoms with Crippen molar-refractivity contribution in [3.05, 3.63) is 167 Å². The second kappa shape index (κ2) is 26.7. The Hall–Kier alpha value is -8.32. The van der Waals surface area contributed by atoms with E-state index in [9.17, 15) is 60.2 Å². The molecule has 3 aliphatic rings. The lowest BCUT2D eigenvalue weighted by molar-refractivity contribution is -0.156. The molecule has 4 amide bonds. The maximum atomic E-state index is 13.3. The van der Waals surface area contributed by atoms with E-state index >= 15 is 0 Å². The molecule has 2 aliphatic carbocycles. The molecular formula is C64H68F6N4O9. The van der Waals surface area contributed by atoms with Gasteiger partial charge in [-0.3, -0.25) is 19.2 Å². The number of hydrogen-bond donors (Lipinski definition) is 5. The highest BCUT2D eigenvalue weighted by Crippen LogP contribution is 2.42. The van der Waals surface area contributed by atoms with Gasteiger partial charge >= 0.3 is 36.4 Å². The van der Waals surface area contributed by atoms with Gasteiger partial charge in [-0.2, -0.15) is 26.3 Å². The van der Waals surface area contributed by atoms with Crippen LogP contribution in [0.1, 0.15) is 118 Å². The number of rotatable bonds is 11. The number of urea groups is 2. The third kappa shape index (κ3) is 16.0. The summed E-state index contributed by atoms with van der Waals surface area (Å²) in [6.07, 6.45) is -3.70. The van der Waals surface area contributed by atoms with Gasteiger partial charge in [-0.1, -0.05) is 80.2 Å². The van der Waals surface area contributed by atoms with Crippen LogP contribution < -0.4 is 21.3 Å². The molecule has 3 atom stereocenters. The van der Waals surface area contributed by atoms with Crippen LogP contribution in [0.5, 0.6) is 0 Å². The zero-order chi connectivity index (χ0) is 59.7. The summed E-state index contributed by atoms with van der Waals surface area (Å²) in [5.74, 6) is -2.64. The summed E-state index contributed by atoms with van der Waals surface area (Å²) in [6.45, 7) is 11.8. The summed E-state index contributed by atoms with van der Waals surface area (Å²) in [7, 11) is 0. The Balaban J connectivity index is 0.000000239. The molecule has 19 heteroatoms. The normalized spacial score (nSPS) is 16.7. The number of amides is 4. The molecule has 1 heterocycles. The minimum Gasteiger partial charge on any atom is -0.481 e. The number of aliphatic carboxylic acids is 1. The fourth-order valence-corrected chi connectivity index (χ4v) is 10.0. The molecule has 6 aromatic rings. The first-order valence-electron chi connectivity index (χ1n) is 26.7. The number of alkyl halides is 6. The number of ether oxygens (including phenoxy) is 2. The molecular weight excluding hydrogens is 1080 g/mol. The Morgan fingerprint density at radius 2 is 0.952 bits per heavy atom. The Morgan fingerprint density at radius 3 is 1.30 bits per heavy atom. The van der Waals surface area contributed by atoms with E-state index in [1.807, 2.05) is 18.2 Å². The van der Waals surface area contributed by atoms with Crippen LogP contribution in [0.15, 0.2) is 133 Å². The lowest BCUT2D eigenvalue weighted by atomic mass is 9.68. The molecule has 3 unspecified atom stereocenters. The second-order valence-electron chi connectivity index (χ2n) is 21.4. The number of aryl methyl sites for hydroxylation is 2. The van der Waals surface area contributed by atoms with Crippen molar-refractivity contribution in [1.82, 2.24) is 0 Å². The summed E-state index contributed by atoms with van der Waals surface area (Å²) in [4.78, 5) is 74.9. The van der Waals surface area contributed by atoms with Gasteiger partial charge in [0.1, 0.15) is 0 Å². The number of nitrogens with one attached hydrogen (secondary N) is 4. The maximum Gasteiger partial charge on any atom is 0.416 e. The van der Waals surface area contributed by atoms with Crippen molar-refractivity contribution in [1.29, 1.82) is 0 Å². The Kier molecular flexibility index (Phi) is 20.6. The highest BCUT2D eigenvalue weighted by Gasteiger charge is 2.45. The molecule has 0 bridgehead atoms. The molecule has 5 N–H and O–H groups in total. The van der Waals surface area contributed by atoms with Crippen LogP contribution in [0.2, 0.25) is 0 Å². The van der Waals surface area contributed by atoms with Crippen molar-refractivity contribution >= 4 is 58.3 Å². The summed E-state index contributed by atoms with van der Waals surface area (Å²) >= 11 is 0. The number of esters is 1. The van der Waals surface area contributed by atoms with E-state index < -0.39 is 64.2 Å². The fourth-order valence-electron chi connectivity index (χ4n) is 10.0. The van der Waals surface area contributed by atoms with Crippen LogP contribution in [0.25, 0.3) is 22.3 Å². The number of halogens is 6. The molecule has 0 aromatic heterocycles. The quantitative estimate of drug-likeness (QED) is 0.0621. The van der Waals surface area contributed by atoms with Crippen LogP contribution in [0, 0.1) is 22.7 Å². The first-order valence-corrected chi connectivity index (χ1v) is 26.7. The summed E-state index contributed by atoms with van der Waals surface area (Å²) in [6, 6.07) is 32.3. The molecule has 440 valence electrons. The number of carboxylic acids is 1. The average Bonchev–Trinajstić information content (AvgIpc) is 3.13. The molecule has 6 aromatic carbocycles. The number of carboxylic acid groups (broad SMARTS) is 1. The third-order valence-electron chi connectivity index (χ3n) is 14.9. The molecule has 83 heavy (non-hydrogen) atoms. The van der Waals surface area contributed by atoms with Gasteiger partial charge < -0.3 is 35.8 Å². The molecule has 13 nitrogen and oxygen atoms in total. The predicted molar refractivity (Wildman–Crippen MR) is 307 cm³/mol. The highest BCUT2D eigenvalue weighted by atomic mass is 19.4. The van der Waals surface area contributed by atoms with Crippen molar-refractivity contribution in [3.8, 4) is 22.3 Å². The van der Waals surface area contributed by atoms with Gasteiger partial charge in [-0.15, -0.1) is 0 Å². The molecule has 9 rings (SSSR count). The number of carbonyl (C=O) groups is 6. The van der Waals surface area contributed by atoms with Crippen molar-refractivity contribution in [2.24, 2.45) is 22.7 Å². The van der Waals surface area contributed by atoms with Gasteiger partial charge in [-0.25, -0.2) is 9.59 Å². The average molecular weight is 1150 g/mol. The first-order chi connectivity index (χ1) is 38.6. The van der Waals surface area contributed by atoms with E-state index in [0.29, 0.717) is 54.3 Å². The van der Waals surface area contributed by atoms with E-state index in [1.165, 1.54) is 37.1 Å². The fraction of sp³-hybridized carbons (Fsp3) is 0.344. The van der Waals surface area contributed by atoms with Gasteiger partial charge in [0.15, 0.2) is 11.6 Å². The number of ketones is 2. The lowest BCUT2D eigenvalue weighted by Gasteiger charge is -2.34. The van der Waals surface area contributed by atoms with Crippen molar-refractivity contribution in [2.75, 3.05) is 34.5 Å². The standard InChI is InChI=1S/C30H29F3N2O4.C28H25F3N2O4.C5H10O.CH4/c1-4-39-27(37)29(2,3)25-15-11-20-16-19(10-14-24(20)26(25)36)18-8-12-22(13-9-18)34-28(38)35-23-7-5-6-21(17-23)30(31,32)33;1-27(2,25(35)36)23-13-9-18-14-17(8-12-22(18)24(23)34)16-6-10-20(11-7-16)32-26(37)33-21-5-3-4-19(15-21)28(29,30)31;1-5-3-2-4-6-5;/h5-10,12-14,16-17,25H,4,11,15H2,1-3H3,(H2,34,35,38);3-8,10-12,14-15,23H,9,13H2,1-2H3,(H,35,36)(H2,32,33,37);5H,2-4H2,1H3;1H4.